The van der Waals surface area contributed by atoms with Crippen LogP contribution in [0.4, 0.5) is 0 Å². The van der Waals surface area contributed by atoms with E-state index in [0.717, 1.165) is 23.5 Å². The number of hydrogen-bond donors (Lipinski definition) is 1. The van der Waals surface area contributed by atoms with Crippen molar-refractivity contribution in [1.82, 2.24) is 14.7 Å². The molecule has 4 rings (SSSR count). The Morgan fingerprint density at radius 1 is 1.19 bits per heavy atom. The predicted molar refractivity (Wildman–Crippen MR) is 105 cm³/mol. The number of hydrogen-bond acceptors (Lipinski definition) is 3. The van der Waals surface area contributed by atoms with E-state index in [4.69, 9.17) is 4.74 Å². The summed E-state index contributed by atoms with van der Waals surface area (Å²) in [7, 11) is 0. The molecule has 1 N–H and O–H groups in total. The number of ether oxygens (including phenoxy) is 1. The number of nitrogens with one attached hydrogen (secondary N) is 1. The number of benzene rings is 1. The summed E-state index contributed by atoms with van der Waals surface area (Å²) in [6.45, 7) is 2.62. The predicted octanol–water partition coefficient (Wildman–Crippen LogP) is 4.22. The van der Waals surface area contributed by atoms with Crippen molar-refractivity contribution in [2.75, 3.05) is 0 Å². The Morgan fingerprint density at radius 3 is 2.78 bits per heavy atom. The normalized spacial score (nSPS) is 19.7. The lowest BCUT2D eigenvalue weighted by Crippen LogP contribution is -2.41. The minimum atomic E-state index is 0.000603. The Bertz CT molecular complexity index is 884. The second-order valence-corrected chi connectivity index (χ2v) is 7.35. The lowest BCUT2D eigenvalue weighted by molar-refractivity contribution is 0.0910. The smallest absolute Gasteiger partial charge is 0.251 e. The fourth-order valence-electron chi connectivity index (χ4n) is 3.70. The van der Waals surface area contributed by atoms with Crippen LogP contribution in [0.25, 0.3) is 5.65 Å². The number of nitrogens with zero attached hydrogens (tertiary/aromatic N) is 2. The summed E-state index contributed by atoms with van der Waals surface area (Å²) < 4.78 is 7.79. The SMILES string of the molecule is C[C@@H]1CCCC[C@@H]1NC(=O)c1ccc(OCc2cn3ccccc3n2)cc1. The van der Waals surface area contributed by atoms with Gasteiger partial charge in [-0.25, -0.2) is 4.98 Å². The van der Waals surface area contributed by atoms with Crippen LogP contribution in [-0.2, 0) is 6.61 Å². The average Bonchev–Trinajstić information content (AvgIpc) is 3.11. The van der Waals surface area contributed by atoms with Crippen LogP contribution in [0.2, 0.25) is 0 Å². The fourth-order valence-corrected chi connectivity index (χ4v) is 3.70. The van der Waals surface area contributed by atoms with Crippen LogP contribution >= 0.6 is 0 Å². The molecule has 5 nitrogen and oxygen atoms in total. The highest BCUT2D eigenvalue weighted by Gasteiger charge is 2.23. The van der Waals surface area contributed by atoms with Crippen LogP contribution in [0.1, 0.15) is 48.7 Å². The summed E-state index contributed by atoms with van der Waals surface area (Å²) in [5, 5.41) is 3.18. The standard InChI is InChI=1S/C22H25N3O2/c1-16-6-2-3-7-20(16)24-22(26)17-9-11-19(12-10-17)27-15-18-14-25-13-5-4-8-21(25)23-18/h4-5,8-14,16,20H,2-3,6-7,15H2,1H3,(H,24,26)/t16-,20+/m1/s1. The van der Waals surface area contributed by atoms with E-state index >= 15 is 0 Å². The summed E-state index contributed by atoms with van der Waals surface area (Å²) in [6.07, 6.45) is 8.67. The number of carbonyl (C=O) groups excluding carboxylic acids is 1. The van der Waals surface area contributed by atoms with Gasteiger partial charge in [-0.2, -0.15) is 0 Å². The topological polar surface area (TPSA) is 55.6 Å². The van der Waals surface area contributed by atoms with Gasteiger partial charge in [-0.1, -0.05) is 25.8 Å². The van der Waals surface area contributed by atoms with Crippen LogP contribution in [0, 0.1) is 5.92 Å². The highest BCUT2D eigenvalue weighted by atomic mass is 16.5. The van der Waals surface area contributed by atoms with E-state index in [2.05, 4.69) is 17.2 Å². The lowest BCUT2D eigenvalue weighted by Gasteiger charge is -2.29. The molecule has 0 bridgehead atoms. The van der Waals surface area contributed by atoms with Gasteiger partial charge < -0.3 is 14.5 Å². The fraction of sp³-hybridized carbons (Fsp3) is 0.364. The van der Waals surface area contributed by atoms with Crippen molar-refractivity contribution in [1.29, 1.82) is 0 Å². The maximum atomic E-state index is 12.5. The largest absolute Gasteiger partial charge is 0.487 e. The number of amides is 1. The van der Waals surface area contributed by atoms with Crippen LogP contribution in [0.15, 0.2) is 54.9 Å². The molecule has 0 saturated heterocycles. The Hall–Kier alpha value is -2.82. The summed E-state index contributed by atoms with van der Waals surface area (Å²) >= 11 is 0. The second-order valence-electron chi connectivity index (χ2n) is 7.35. The Labute approximate surface area is 159 Å². The first-order valence-corrected chi connectivity index (χ1v) is 9.65. The van der Waals surface area contributed by atoms with Crippen molar-refractivity contribution in [3.05, 3.63) is 66.1 Å². The van der Waals surface area contributed by atoms with E-state index in [1.165, 1.54) is 19.3 Å². The van der Waals surface area contributed by atoms with Crippen LogP contribution in [0.5, 0.6) is 5.75 Å². The van der Waals surface area contributed by atoms with Gasteiger partial charge in [0.25, 0.3) is 5.91 Å². The van der Waals surface area contributed by atoms with Crippen molar-refractivity contribution in [2.45, 2.75) is 45.3 Å². The highest BCUT2D eigenvalue weighted by Crippen LogP contribution is 2.24. The number of rotatable bonds is 5. The van der Waals surface area contributed by atoms with Gasteiger partial charge in [0, 0.05) is 24.0 Å². The number of aromatic nitrogens is 2. The highest BCUT2D eigenvalue weighted by molar-refractivity contribution is 5.94. The van der Waals surface area contributed by atoms with Crippen molar-refractivity contribution < 1.29 is 9.53 Å². The summed E-state index contributed by atoms with van der Waals surface area (Å²) in [5.74, 6) is 1.28. The van der Waals surface area contributed by atoms with Crippen molar-refractivity contribution in [3.63, 3.8) is 0 Å². The van der Waals surface area contributed by atoms with Gasteiger partial charge in [0.05, 0.1) is 5.69 Å². The molecule has 1 amide bonds. The van der Waals surface area contributed by atoms with E-state index in [-0.39, 0.29) is 11.9 Å². The van der Waals surface area contributed by atoms with E-state index in [0.29, 0.717) is 18.1 Å². The van der Waals surface area contributed by atoms with E-state index < -0.39 is 0 Å². The molecule has 1 aliphatic rings. The van der Waals surface area contributed by atoms with Crippen molar-refractivity contribution in [2.24, 2.45) is 5.92 Å². The molecular weight excluding hydrogens is 338 g/mol. The molecule has 1 fully saturated rings. The molecule has 1 aromatic carbocycles. The first-order chi connectivity index (χ1) is 13.2. The van der Waals surface area contributed by atoms with E-state index in [1.54, 1.807) is 0 Å². The van der Waals surface area contributed by atoms with Gasteiger partial charge in [0.2, 0.25) is 0 Å². The Kier molecular flexibility index (Phi) is 5.10. The third-order valence-electron chi connectivity index (χ3n) is 5.35. The number of imidazole rings is 1. The monoisotopic (exact) mass is 363 g/mol. The van der Waals surface area contributed by atoms with Gasteiger partial charge in [-0.15, -0.1) is 0 Å². The maximum absolute atomic E-state index is 12.5. The third-order valence-corrected chi connectivity index (χ3v) is 5.35. The molecule has 0 aliphatic heterocycles. The van der Waals surface area contributed by atoms with Gasteiger partial charge in [-0.05, 0) is 55.2 Å². The summed E-state index contributed by atoms with van der Waals surface area (Å²) in [4.78, 5) is 17.0. The molecule has 0 unspecified atom stereocenters. The number of fused-ring (bicyclic) bond motifs is 1. The van der Waals surface area contributed by atoms with Crippen LogP contribution in [-0.4, -0.2) is 21.3 Å². The second kappa shape index (κ2) is 7.82. The molecule has 5 heteroatoms. The number of pyridine rings is 1. The van der Waals surface area contributed by atoms with Gasteiger partial charge >= 0.3 is 0 Å². The first kappa shape index (κ1) is 17.6. The van der Waals surface area contributed by atoms with Crippen molar-refractivity contribution in [3.8, 4) is 5.75 Å². The zero-order chi connectivity index (χ0) is 18.6. The maximum Gasteiger partial charge on any atom is 0.251 e. The zero-order valence-electron chi connectivity index (χ0n) is 15.6. The molecule has 2 aromatic heterocycles. The molecule has 2 atom stereocenters. The third kappa shape index (κ3) is 4.13. The number of carbonyl (C=O) groups is 1. The Morgan fingerprint density at radius 2 is 2.00 bits per heavy atom. The lowest BCUT2D eigenvalue weighted by atomic mass is 9.86. The minimum Gasteiger partial charge on any atom is -0.487 e. The molecule has 2 heterocycles. The van der Waals surface area contributed by atoms with Crippen LogP contribution < -0.4 is 10.1 Å². The Balaban J connectivity index is 1.34. The molecule has 0 spiro atoms. The molecule has 0 radical (unpaired) electrons. The molecule has 1 saturated carbocycles. The van der Waals surface area contributed by atoms with Gasteiger partial charge in [0.1, 0.15) is 18.0 Å². The molecular formula is C22H25N3O2. The van der Waals surface area contributed by atoms with Gasteiger partial charge in [0.15, 0.2) is 0 Å². The van der Waals surface area contributed by atoms with Crippen LogP contribution in [0.3, 0.4) is 0 Å². The van der Waals surface area contributed by atoms with Crippen molar-refractivity contribution >= 4 is 11.6 Å². The van der Waals surface area contributed by atoms with Gasteiger partial charge in [-0.3, -0.25) is 4.79 Å². The molecule has 1 aliphatic carbocycles. The minimum absolute atomic E-state index is 0.000603. The first-order valence-electron chi connectivity index (χ1n) is 9.65. The van der Waals surface area contributed by atoms with E-state index in [9.17, 15) is 4.79 Å². The molecule has 3 aromatic rings. The molecule has 27 heavy (non-hydrogen) atoms. The van der Waals surface area contributed by atoms with E-state index in [1.807, 2.05) is 59.3 Å². The molecule has 140 valence electrons. The summed E-state index contributed by atoms with van der Waals surface area (Å²) in [6, 6.07) is 13.5. The summed E-state index contributed by atoms with van der Waals surface area (Å²) in [5.41, 5.74) is 2.45. The average molecular weight is 363 g/mol. The quantitative estimate of drug-likeness (QED) is 0.738. The zero-order valence-corrected chi connectivity index (χ0v) is 15.6.